The van der Waals surface area contributed by atoms with Gasteiger partial charge >= 0.3 is 0 Å². The van der Waals surface area contributed by atoms with Gasteiger partial charge in [0.1, 0.15) is 11.8 Å². The number of amides is 2. The first-order valence-electron chi connectivity index (χ1n) is 10.2. The smallest absolute Gasteiger partial charge is 0.267 e. The first kappa shape index (κ1) is 21.2. The minimum absolute atomic E-state index is 0.0207. The molecule has 2 amide bonds. The summed E-state index contributed by atoms with van der Waals surface area (Å²) in [5.74, 6) is -0.0537. The molecule has 2 aliphatic heterocycles. The second kappa shape index (κ2) is 8.58. The van der Waals surface area contributed by atoms with Crippen molar-refractivity contribution in [2.45, 2.75) is 23.8 Å². The minimum atomic E-state index is -4.07. The molecule has 1 atom stereocenters. The molecule has 2 aliphatic rings. The van der Waals surface area contributed by atoms with E-state index in [9.17, 15) is 18.0 Å². The number of sulfonamides is 1. The van der Waals surface area contributed by atoms with Gasteiger partial charge in [0, 0.05) is 38.3 Å². The number of benzene rings is 2. The molecule has 2 aromatic carbocycles. The molecule has 0 N–H and O–H groups in total. The molecule has 8 nitrogen and oxygen atoms in total. The van der Waals surface area contributed by atoms with Crippen LogP contribution in [0.2, 0.25) is 0 Å². The van der Waals surface area contributed by atoms with Crippen molar-refractivity contribution in [2.75, 3.05) is 38.2 Å². The van der Waals surface area contributed by atoms with E-state index in [2.05, 4.69) is 4.90 Å². The van der Waals surface area contributed by atoms with E-state index >= 15 is 0 Å². The van der Waals surface area contributed by atoms with Gasteiger partial charge in [-0.25, -0.2) is 12.7 Å². The molecule has 2 aromatic rings. The minimum Gasteiger partial charge on any atom is -0.497 e. The Morgan fingerprint density at radius 3 is 2.23 bits per heavy atom. The highest BCUT2D eigenvalue weighted by Gasteiger charge is 2.45. The monoisotopic (exact) mass is 443 g/mol. The zero-order chi connectivity index (χ0) is 22.0. The highest BCUT2D eigenvalue weighted by molar-refractivity contribution is 7.89. The van der Waals surface area contributed by atoms with Gasteiger partial charge in [0.15, 0.2) is 0 Å². The molecule has 0 aromatic heterocycles. The molecular weight excluding hydrogens is 418 g/mol. The van der Waals surface area contributed by atoms with Crippen molar-refractivity contribution in [1.82, 2.24) is 9.21 Å². The molecule has 1 unspecified atom stereocenters. The molecule has 0 saturated carbocycles. The van der Waals surface area contributed by atoms with E-state index in [1.807, 2.05) is 24.3 Å². The molecule has 0 radical (unpaired) electrons. The number of hydrogen-bond donors (Lipinski definition) is 0. The van der Waals surface area contributed by atoms with E-state index in [0.29, 0.717) is 26.2 Å². The summed E-state index contributed by atoms with van der Waals surface area (Å²) in [6.07, 6.45) is 0.261. The Kier molecular flexibility index (Phi) is 5.86. The Bertz CT molecular complexity index is 1050. The van der Waals surface area contributed by atoms with E-state index in [4.69, 9.17) is 4.74 Å². The van der Waals surface area contributed by atoms with Crippen LogP contribution in [0.4, 0.5) is 5.69 Å². The lowest BCUT2D eigenvalue weighted by atomic mass is 10.1. The topological polar surface area (TPSA) is 87.2 Å². The molecule has 0 spiro atoms. The van der Waals surface area contributed by atoms with Crippen LogP contribution in [0.25, 0.3) is 0 Å². The maximum absolute atomic E-state index is 13.2. The van der Waals surface area contributed by atoms with Crippen molar-refractivity contribution in [3.63, 3.8) is 0 Å². The predicted molar refractivity (Wildman–Crippen MR) is 115 cm³/mol. The molecule has 0 aliphatic carbocycles. The zero-order valence-electron chi connectivity index (χ0n) is 17.3. The zero-order valence-corrected chi connectivity index (χ0v) is 18.1. The molecular formula is C22H25N3O5S. The van der Waals surface area contributed by atoms with Crippen LogP contribution >= 0.6 is 0 Å². The summed E-state index contributed by atoms with van der Waals surface area (Å²) in [6, 6.07) is 14.5. The molecule has 2 heterocycles. The highest BCUT2D eigenvalue weighted by Crippen LogP contribution is 2.29. The van der Waals surface area contributed by atoms with Crippen LogP contribution in [0, 0.1) is 0 Å². The molecule has 0 bridgehead atoms. The van der Waals surface area contributed by atoms with Gasteiger partial charge in [0.2, 0.25) is 11.8 Å². The number of carbonyl (C=O) groups excluding carboxylic acids is 2. The van der Waals surface area contributed by atoms with Gasteiger partial charge in [-0.3, -0.25) is 9.59 Å². The maximum atomic E-state index is 13.2. The van der Waals surface area contributed by atoms with Crippen LogP contribution < -0.4 is 9.64 Å². The molecule has 31 heavy (non-hydrogen) atoms. The van der Waals surface area contributed by atoms with Gasteiger partial charge in [-0.1, -0.05) is 18.2 Å². The summed E-state index contributed by atoms with van der Waals surface area (Å²) in [7, 11) is -2.45. The van der Waals surface area contributed by atoms with Crippen molar-refractivity contribution in [3.8, 4) is 5.75 Å². The van der Waals surface area contributed by atoms with Crippen molar-refractivity contribution >= 4 is 27.5 Å². The third kappa shape index (κ3) is 4.10. The summed E-state index contributed by atoms with van der Waals surface area (Å²) in [6.45, 7) is 2.19. The number of piperazine rings is 1. The average Bonchev–Trinajstić information content (AvgIpc) is 3.21. The fourth-order valence-corrected chi connectivity index (χ4v) is 5.70. The number of methoxy groups -OCH3 is 1. The third-order valence-electron chi connectivity index (χ3n) is 5.77. The van der Waals surface area contributed by atoms with Crippen LogP contribution in [0.5, 0.6) is 5.75 Å². The van der Waals surface area contributed by atoms with Crippen LogP contribution in [0.1, 0.15) is 12.8 Å². The van der Waals surface area contributed by atoms with E-state index in [-0.39, 0.29) is 23.6 Å². The molecule has 4 rings (SSSR count). The Balaban J connectivity index is 1.46. The van der Waals surface area contributed by atoms with Gasteiger partial charge in [0.25, 0.3) is 10.0 Å². The summed E-state index contributed by atoms with van der Waals surface area (Å²) in [4.78, 5) is 29.5. The lowest BCUT2D eigenvalue weighted by molar-refractivity contribution is -0.138. The Morgan fingerprint density at radius 2 is 1.61 bits per heavy atom. The van der Waals surface area contributed by atoms with Gasteiger partial charge in [-0.2, -0.15) is 0 Å². The summed E-state index contributed by atoms with van der Waals surface area (Å²) >= 11 is 0. The van der Waals surface area contributed by atoms with E-state index in [1.54, 1.807) is 30.2 Å². The van der Waals surface area contributed by atoms with Crippen LogP contribution in [-0.2, 0) is 19.6 Å². The SMILES string of the molecule is COc1ccc(N2CCN(C(=O)C3CCC(=O)N3S(=O)(=O)c3ccccc3)CC2)cc1. The first-order valence-corrected chi connectivity index (χ1v) is 11.7. The molecule has 2 fully saturated rings. The van der Waals surface area contributed by atoms with Crippen LogP contribution in [-0.4, -0.2) is 68.8 Å². The Hall–Kier alpha value is -3.07. The lowest BCUT2D eigenvalue weighted by Crippen LogP contribution is -2.55. The van der Waals surface area contributed by atoms with Crippen molar-refractivity contribution in [3.05, 3.63) is 54.6 Å². The first-order chi connectivity index (χ1) is 14.9. The van der Waals surface area contributed by atoms with Crippen LogP contribution in [0.3, 0.4) is 0 Å². The summed E-state index contributed by atoms with van der Waals surface area (Å²) < 4.78 is 32.1. The Labute approximate surface area is 182 Å². The quantitative estimate of drug-likeness (QED) is 0.700. The van der Waals surface area contributed by atoms with E-state index in [1.165, 1.54) is 12.1 Å². The maximum Gasteiger partial charge on any atom is 0.267 e. The van der Waals surface area contributed by atoms with E-state index in [0.717, 1.165) is 15.7 Å². The Morgan fingerprint density at radius 1 is 0.968 bits per heavy atom. The molecule has 2 saturated heterocycles. The lowest BCUT2D eigenvalue weighted by Gasteiger charge is -2.38. The number of hydrogen-bond acceptors (Lipinski definition) is 6. The summed E-state index contributed by atoms with van der Waals surface area (Å²) in [5.41, 5.74) is 1.04. The van der Waals surface area contributed by atoms with Crippen molar-refractivity contribution in [1.29, 1.82) is 0 Å². The third-order valence-corrected chi connectivity index (χ3v) is 7.62. The number of nitrogens with zero attached hydrogens (tertiary/aromatic N) is 3. The standard InChI is InChI=1S/C22H25N3O5S/c1-30-18-9-7-17(8-10-18)23-13-15-24(16-14-23)22(27)20-11-12-21(26)25(20)31(28,29)19-5-3-2-4-6-19/h2-10,20H,11-16H2,1H3. The summed E-state index contributed by atoms with van der Waals surface area (Å²) in [5, 5.41) is 0. The largest absolute Gasteiger partial charge is 0.497 e. The fourth-order valence-electron chi connectivity index (χ4n) is 4.08. The number of carbonyl (C=O) groups is 2. The normalized spacial score (nSPS) is 19.6. The number of anilines is 1. The fraction of sp³-hybridized carbons (Fsp3) is 0.364. The molecule has 164 valence electrons. The predicted octanol–water partition coefficient (Wildman–Crippen LogP) is 1.72. The van der Waals surface area contributed by atoms with Gasteiger partial charge in [-0.05, 0) is 42.8 Å². The second-order valence-electron chi connectivity index (χ2n) is 7.57. The van der Waals surface area contributed by atoms with Gasteiger partial charge in [-0.15, -0.1) is 0 Å². The molecule has 9 heteroatoms. The van der Waals surface area contributed by atoms with E-state index < -0.39 is 22.0 Å². The highest BCUT2D eigenvalue weighted by atomic mass is 32.2. The van der Waals surface area contributed by atoms with Crippen molar-refractivity contribution < 1.29 is 22.7 Å². The van der Waals surface area contributed by atoms with Gasteiger partial charge < -0.3 is 14.5 Å². The van der Waals surface area contributed by atoms with Gasteiger partial charge in [0.05, 0.1) is 12.0 Å². The second-order valence-corrected chi connectivity index (χ2v) is 9.39. The average molecular weight is 444 g/mol. The number of ether oxygens (including phenoxy) is 1. The number of rotatable bonds is 5. The van der Waals surface area contributed by atoms with Crippen LogP contribution in [0.15, 0.2) is 59.5 Å². The van der Waals surface area contributed by atoms with Crippen molar-refractivity contribution in [2.24, 2.45) is 0 Å².